The van der Waals surface area contributed by atoms with Gasteiger partial charge in [0.2, 0.25) is 0 Å². The predicted molar refractivity (Wildman–Crippen MR) is 128 cm³/mol. The molecule has 0 fully saturated rings. The summed E-state index contributed by atoms with van der Waals surface area (Å²) < 4.78 is 6.29. The maximum atomic E-state index is 12.6. The minimum Gasteiger partial charge on any atom is -0.461 e. The quantitative estimate of drug-likeness (QED) is 0.271. The Bertz CT molecular complexity index is 699. The molecule has 2 heteroatoms. The molecule has 1 aliphatic heterocycles. The number of benzene rings is 1. The summed E-state index contributed by atoms with van der Waals surface area (Å²) in [6, 6.07) is 4.71. The zero-order chi connectivity index (χ0) is 21.8. The van der Waals surface area contributed by atoms with E-state index in [0.29, 0.717) is 6.42 Å². The molecule has 1 aliphatic rings. The highest BCUT2D eigenvalue weighted by Crippen LogP contribution is 2.36. The summed E-state index contributed by atoms with van der Waals surface area (Å²) in [5, 5.41) is 0. The smallest absolute Gasteiger partial charge is 0.162 e. The number of Topliss-reactive ketones (excluding diaryl/α,β-unsaturated/α-hetero) is 1. The van der Waals surface area contributed by atoms with Crippen LogP contribution in [0.15, 0.2) is 23.5 Å². The van der Waals surface area contributed by atoms with Crippen LogP contribution in [0.1, 0.15) is 121 Å². The average molecular weight is 413 g/mol. The molecule has 0 spiro atoms. The van der Waals surface area contributed by atoms with Crippen LogP contribution in [0.3, 0.4) is 0 Å². The van der Waals surface area contributed by atoms with Crippen LogP contribution in [0.2, 0.25) is 0 Å². The van der Waals surface area contributed by atoms with Gasteiger partial charge in [-0.3, -0.25) is 4.79 Å². The van der Waals surface area contributed by atoms with Crippen LogP contribution >= 0.6 is 0 Å². The van der Waals surface area contributed by atoms with Gasteiger partial charge in [-0.2, -0.15) is 0 Å². The van der Waals surface area contributed by atoms with E-state index in [-0.39, 0.29) is 5.78 Å². The van der Waals surface area contributed by atoms with Crippen LogP contribution in [-0.4, -0.2) is 5.78 Å². The number of hydrogen-bond donors (Lipinski definition) is 0. The van der Waals surface area contributed by atoms with Crippen molar-refractivity contribution in [2.75, 3.05) is 0 Å². The summed E-state index contributed by atoms with van der Waals surface area (Å²) in [5.74, 6) is 2.12. The Hall–Kier alpha value is -1.57. The second-order valence-corrected chi connectivity index (χ2v) is 9.06. The number of hydrogen-bond acceptors (Lipinski definition) is 2. The number of unbranched alkanes of at least 4 members (excludes halogenated alkanes) is 8. The van der Waals surface area contributed by atoms with Gasteiger partial charge in [-0.15, -0.1) is 0 Å². The molecule has 0 aliphatic carbocycles. The lowest BCUT2D eigenvalue weighted by atomic mass is 9.90. The van der Waals surface area contributed by atoms with Gasteiger partial charge in [-0.05, 0) is 55.7 Å². The molecule has 1 aromatic carbocycles. The van der Waals surface area contributed by atoms with E-state index in [2.05, 4.69) is 32.9 Å². The van der Waals surface area contributed by atoms with E-state index in [1.54, 1.807) is 0 Å². The van der Waals surface area contributed by atoms with E-state index in [4.69, 9.17) is 4.74 Å². The highest BCUT2D eigenvalue weighted by molar-refractivity contribution is 5.96. The number of aryl methyl sites for hydroxylation is 2. The highest BCUT2D eigenvalue weighted by atomic mass is 16.5. The standard InChI is InChI=1S/C28H44O2/c1-5-8-10-12-14-17-23-19-24(18-15-13-11-9-6-2)28-25(20-23)21-26(22(4)30-28)27(29)16-7-3/h19-20H,5-18,21H2,1-4H3. The lowest BCUT2D eigenvalue weighted by Gasteiger charge is -2.25. The van der Waals surface area contributed by atoms with Gasteiger partial charge in [0.05, 0.1) is 0 Å². The first-order valence-electron chi connectivity index (χ1n) is 12.7. The van der Waals surface area contributed by atoms with Gasteiger partial charge < -0.3 is 4.74 Å². The average Bonchev–Trinajstić information content (AvgIpc) is 2.73. The van der Waals surface area contributed by atoms with Gasteiger partial charge in [0.15, 0.2) is 5.78 Å². The van der Waals surface area contributed by atoms with Crippen molar-refractivity contribution in [2.45, 2.75) is 124 Å². The molecule has 0 radical (unpaired) electrons. The fourth-order valence-corrected chi connectivity index (χ4v) is 4.47. The van der Waals surface area contributed by atoms with Gasteiger partial charge >= 0.3 is 0 Å². The summed E-state index contributed by atoms with van der Waals surface area (Å²) in [5.41, 5.74) is 4.90. The SMILES string of the molecule is CCCCCCCc1cc(CCCCCCC)c2c(c1)CC(C(=O)CCC)=C(C)O2. The summed E-state index contributed by atoms with van der Waals surface area (Å²) in [6.45, 7) is 8.57. The van der Waals surface area contributed by atoms with E-state index in [1.807, 2.05) is 6.92 Å². The number of ether oxygens (including phenoxy) is 1. The molecule has 1 heterocycles. The Kier molecular flexibility index (Phi) is 11.3. The summed E-state index contributed by atoms with van der Waals surface area (Å²) in [6.07, 6.45) is 17.5. The number of ketones is 1. The van der Waals surface area contributed by atoms with Crippen molar-refractivity contribution in [3.8, 4) is 5.75 Å². The fourth-order valence-electron chi connectivity index (χ4n) is 4.47. The lowest BCUT2D eigenvalue weighted by Crippen LogP contribution is -2.17. The first-order chi connectivity index (χ1) is 14.6. The van der Waals surface area contributed by atoms with Crippen LogP contribution in [0.4, 0.5) is 0 Å². The fraction of sp³-hybridized carbons (Fsp3) is 0.679. The van der Waals surface area contributed by atoms with Crippen molar-refractivity contribution in [2.24, 2.45) is 0 Å². The maximum Gasteiger partial charge on any atom is 0.162 e. The van der Waals surface area contributed by atoms with E-state index in [9.17, 15) is 4.79 Å². The van der Waals surface area contributed by atoms with Crippen molar-refractivity contribution < 1.29 is 9.53 Å². The molecule has 0 aromatic heterocycles. The van der Waals surface area contributed by atoms with E-state index >= 15 is 0 Å². The topological polar surface area (TPSA) is 26.3 Å². The number of carbonyl (C=O) groups is 1. The van der Waals surface area contributed by atoms with Gasteiger partial charge in [0, 0.05) is 18.4 Å². The van der Waals surface area contributed by atoms with E-state index in [1.165, 1.54) is 80.9 Å². The molecule has 0 atom stereocenters. The molecular formula is C28H44O2. The maximum absolute atomic E-state index is 12.6. The first kappa shape index (κ1) is 24.7. The minimum atomic E-state index is 0.256. The van der Waals surface area contributed by atoms with Gasteiger partial charge in [-0.25, -0.2) is 0 Å². The normalized spacial score (nSPS) is 13.3. The molecular weight excluding hydrogens is 368 g/mol. The Labute approximate surface area is 185 Å². The third kappa shape index (κ3) is 7.60. The van der Waals surface area contributed by atoms with Crippen LogP contribution in [0.25, 0.3) is 0 Å². The third-order valence-electron chi connectivity index (χ3n) is 6.28. The molecule has 0 N–H and O–H groups in total. The lowest BCUT2D eigenvalue weighted by molar-refractivity contribution is -0.115. The molecule has 168 valence electrons. The molecule has 0 saturated carbocycles. The molecule has 1 aromatic rings. The Morgan fingerprint density at radius 1 is 0.833 bits per heavy atom. The van der Waals surface area contributed by atoms with Gasteiger partial charge in [-0.1, -0.05) is 84.3 Å². The molecule has 0 amide bonds. The largest absolute Gasteiger partial charge is 0.461 e. The minimum absolute atomic E-state index is 0.256. The van der Waals surface area contributed by atoms with E-state index < -0.39 is 0 Å². The van der Waals surface area contributed by atoms with Crippen molar-refractivity contribution in [1.29, 1.82) is 0 Å². The molecule has 0 bridgehead atoms. The zero-order valence-corrected chi connectivity index (χ0v) is 20.1. The van der Waals surface area contributed by atoms with Crippen molar-refractivity contribution in [3.05, 3.63) is 40.2 Å². The third-order valence-corrected chi connectivity index (χ3v) is 6.28. The Morgan fingerprint density at radius 3 is 2.10 bits per heavy atom. The Morgan fingerprint density at radius 2 is 1.47 bits per heavy atom. The number of carbonyl (C=O) groups excluding carboxylic acids is 1. The molecule has 30 heavy (non-hydrogen) atoms. The van der Waals surface area contributed by atoms with E-state index in [0.717, 1.165) is 42.8 Å². The summed E-state index contributed by atoms with van der Waals surface area (Å²) >= 11 is 0. The van der Waals surface area contributed by atoms with Crippen LogP contribution < -0.4 is 4.74 Å². The monoisotopic (exact) mass is 412 g/mol. The molecule has 0 saturated heterocycles. The van der Waals surface area contributed by atoms with Crippen molar-refractivity contribution in [3.63, 3.8) is 0 Å². The van der Waals surface area contributed by atoms with Crippen LogP contribution in [-0.2, 0) is 24.1 Å². The molecule has 2 nitrogen and oxygen atoms in total. The van der Waals surface area contributed by atoms with Gasteiger partial charge in [0.25, 0.3) is 0 Å². The van der Waals surface area contributed by atoms with Crippen LogP contribution in [0.5, 0.6) is 5.75 Å². The highest BCUT2D eigenvalue weighted by Gasteiger charge is 2.24. The van der Waals surface area contributed by atoms with Crippen molar-refractivity contribution >= 4 is 5.78 Å². The number of rotatable bonds is 15. The second-order valence-electron chi connectivity index (χ2n) is 9.06. The summed E-state index contributed by atoms with van der Waals surface area (Å²) in [4.78, 5) is 12.6. The summed E-state index contributed by atoms with van der Waals surface area (Å²) in [7, 11) is 0. The van der Waals surface area contributed by atoms with Crippen molar-refractivity contribution in [1.82, 2.24) is 0 Å². The van der Waals surface area contributed by atoms with Crippen LogP contribution in [0, 0.1) is 0 Å². The zero-order valence-electron chi connectivity index (χ0n) is 20.1. The van der Waals surface area contributed by atoms with Gasteiger partial charge in [0.1, 0.15) is 11.5 Å². The predicted octanol–water partition coefficient (Wildman–Crippen LogP) is 8.29. The number of fused-ring (bicyclic) bond motifs is 1. The number of allylic oxidation sites excluding steroid dienone is 2. The molecule has 2 rings (SSSR count). The first-order valence-corrected chi connectivity index (χ1v) is 12.7. The Balaban J connectivity index is 2.15. The second kappa shape index (κ2) is 13.7. The molecule has 0 unspecified atom stereocenters.